The Morgan fingerprint density at radius 3 is 2.90 bits per heavy atom. The van der Waals surface area contributed by atoms with Crippen molar-refractivity contribution in [3.63, 3.8) is 0 Å². The summed E-state index contributed by atoms with van der Waals surface area (Å²) in [4.78, 5) is 59.5. The number of aromatic nitrogens is 1. The summed E-state index contributed by atoms with van der Waals surface area (Å²) in [6.07, 6.45) is -0.343. The lowest BCUT2D eigenvalue weighted by atomic mass is 9.99. The van der Waals surface area contributed by atoms with E-state index in [1.807, 2.05) is 24.3 Å². The van der Waals surface area contributed by atoms with Gasteiger partial charge in [0.1, 0.15) is 18.0 Å². The smallest absolute Gasteiger partial charge is 0.331 e. The average molecular weight is 565 g/mol. The molecule has 3 aromatic rings. The fourth-order valence-corrected chi connectivity index (χ4v) is 6.35. The number of fused-ring (bicyclic) bond motifs is 3. The quantitative estimate of drug-likeness (QED) is 0.412. The summed E-state index contributed by atoms with van der Waals surface area (Å²) in [7, 11) is 3.11. The van der Waals surface area contributed by atoms with E-state index in [-0.39, 0.29) is 56.4 Å². The van der Waals surface area contributed by atoms with Crippen LogP contribution in [-0.2, 0) is 27.3 Å². The zero-order valence-electron chi connectivity index (χ0n) is 21.9. The largest absolute Gasteiger partial charge is 0.482 e. The molecule has 0 unspecified atom stereocenters. The van der Waals surface area contributed by atoms with Gasteiger partial charge in [0.15, 0.2) is 11.7 Å². The molecule has 2 fully saturated rings. The number of nitrogens with two attached hydrogens (primary N) is 1. The van der Waals surface area contributed by atoms with E-state index in [9.17, 15) is 19.2 Å². The van der Waals surface area contributed by atoms with Crippen molar-refractivity contribution in [3.8, 4) is 5.75 Å². The molecule has 4 heterocycles. The molecule has 208 valence electrons. The Hall–Kier alpha value is -4.43. The fraction of sp³-hybridized carbons (Fsp3) is 0.346. The second-order valence-corrected chi connectivity index (χ2v) is 10.9. The number of carbonyl (C=O) groups excluding carboxylic acids is 4. The van der Waals surface area contributed by atoms with Crippen LogP contribution in [-0.4, -0.2) is 94.6 Å². The van der Waals surface area contributed by atoms with E-state index in [2.05, 4.69) is 15.6 Å². The van der Waals surface area contributed by atoms with Crippen molar-refractivity contribution in [1.82, 2.24) is 30.1 Å². The zero-order chi connectivity index (χ0) is 28.1. The number of hydrogen-bond acceptors (Lipinski definition) is 9. The predicted molar refractivity (Wildman–Crippen MR) is 147 cm³/mol. The number of amides is 5. The Morgan fingerprint density at radius 1 is 1.27 bits per heavy atom. The summed E-state index contributed by atoms with van der Waals surface area (Å²) in [5.74, 6) is -0.178. The SMILES string of the molecule is CNC(=O)N(C)N1CC(=O)N2[C@@H](Cc3ccc4c(c3)NC(=O)CO4)C(=O)N(Cc3cccc4sc(N)nc34)C[C@@H]21. The van der Waals surface area contributed by atoms with E-state index in [4.69, 9.17) is 10.5 Å². The lowest BCUT2D eigenvalue weighted by Gasteiger charge is -2.45. The van der Waals surface area contributed by atoms with Crippen molar-refractivity contribution < 1.29 is 23.9 Å². The second kappa shape index (κ2) is 9.95. The Balaban J connectivity index is 1.35. The van der Waals surface area contributed by atoms with Crippen molar-refractivity contribution >= 4 is 56.1 Å². The first-order valence-corrected chi connectivity index (χ1v) is 13.6. The number of nitrogens with zero attached hydrogens (tertiary/aromatic N) is 5. The van der Waals surface area contributed by atoms with Gasteiger partial charge in [-0.2, -0.15) is 5.01 Å². The van der Waals surface area contributed by atoms with Crippen LogP contribution in [0.2, 0.25) is 0 Å². The molecule has 6 rings (SSSR count). The molecule has 2 aromatic carbocycles. The minimum Gasteiger partial charge on any atom is -0.482 e. The van der Waals surface area contributed by atoms with Crippen molar-refractivity contribution in [2.75, 3.05) is 44.8 Å². The molecule has 0 bridgehead atoms. The summed E-state index contributed by atoms with van der Waals surface area (Å²) in [5.41, 5.74) is 8.82. The van der Waals surface area contributed by atoms with Crippen molar-refractivity contribution in [3.05, 3.63) is 47.5 Å². The fourth-order valence-electron chi connectivity index (χ4n) is 5.56. The van der Waals surface area contributed by atoms with Gasteiger partial charge in [0, 0.05) is 27.1 Å². The molecule has 4 N–H and O–H groups in total. The number of benzene rings is 2. The summed E-state index contributed by atoms with van der Waals surface area (Å²) in [5, 5.41) is 8.87. The molecule has 0 spiro atoms. The average Bonchev–Trinajstić information content (AvgIpc) is 3.48. The predicted octanol–water partition coefficient (Wildman–Crippen LogP) is 0.819. The number of rotatable bonds is 5. The highest BCUT2D eigenvalue weighted by Gasteiger charge is 2.51. The summed E-state index contributed by atoms with van der Waals surface area (Å²) in [6, 6.07) is 9.89. The van der Waals surface area contributed by atoms with Crippen LogP contribution < -0.4 is 21.1 Å². The van der Waals surface area contributed by atoms with Gasteiger partial charge in [-0.05, 0) is 29.3 Å². The third kappa shape index (κ3) is 4.44. The maximum Gasteiger partial charge on any atom is 0.331 e. The van der Waals surface area contributed by atoms with Gasteiger partial charge in [-0.1, -0.05) is 29.5 Å². The zero-order valence-corrected chi connectivity index (χ0v) is 22.7. The minimum atomic E-state index is -0.827. The number of hydrazine groups is 1. The van der Waals surface area contributed by atoms with Gasteiger partial charge >= 0.3 is 6.03 Å². The first kappa shape index (κ1) is 25.8. The Morgan fingerprint density at radius 2 is 2.10 bits per heavy atom. The number of thiazole rings is 1. The maximum absolute atomic E-state index is 14.1. The normalized spacial score (nSPS) is 20.7. The Bertz CT molecular complexity index is 1540. The number of anilines is 2. The topological polar surface area (TPSA) is 153 Å². The van der Waals surface area contributed by atoms with Gasteiger partial charge in [-0.25, -0.2) is 9.78 Å². The number of ether oxygens (including phenoxy) is 1. The molecule has 3 aliphatic rings. The number of urea groups is 1. The molecule has 0 saturated carbocycles. The third-order valence-corrected chi connectivity index (χ3v) is 8.30. The van der Waals surface area contributed by atoms with E-state index in [0.29, 0.717) is 16.6 Å². The van der Waals surface area contributed by atoms with Crippen LogP contribution in [0.15, 0.2) is 36.4 Å². The summed E-state index contributed by atoms with van der Waals surface area (Å²) < 4.78 is 6.39. The number of hydrogen-bond donors (Lipinski definition) is 3. The molecule has 2 saturated heterocycles. The van der Waals surface area contributed by atoms with E-state index < -0.39 is 12.2 Å². The van der Waals surface area contributed by atoms with Crippen LogP contribution in [0.3, 0.4) is 0 Å². The van der Waals surface area contributed by atoms with E-state index in [1.54, 1.807) is 34.0 Å². The molecule has 40 heavy (non-hydrogen) atoms. The van der Waals surface area contributed by atoms with Gasteiger partial charge in [-0.3, -0.25) is 19.4 Å². The van der Waals surface area contributed by atoms with Crippen molar-refractivity contribution in [2.24, 2.45) is 0 Å². The molecule has 14 heteroatoms. The van der Waals surface area contributed by atoms with Crippen molar-refractivity contribution in [2.45, 2.75) is 25.2 Å². The van der Waals surface area contributed by atoms with Crippen LogP contribution in [0.25, 0.3) is 10.2 Å². The lowest BCUT2D eigenvalue weighted by Crippen LogP contribution is -2.65. The second-order valence-electron chi connectivity index (χ2n) is 9.88. The number of piperazine rings is 1. The molecule has 0 aliphatic carbocycles. The van der Waals surface area contributed by atoms with E-state index in [1.165, 1.54) is 23.4 Å². The maximum atomic E-state index is 14.1. The van der Waals surface area contributed by atoms with Gasteiger partial charge in [0.2, 0.25) is 11.8 Å². The summed E-state index contributed by atoms with van der Waals surface area (Å²) in [6.45, 7) is 0.365. The Kier molecular flexibility index (Phi) is 6.43. The molecule has 2 atom stereocenters. The van der Waals surface area contributed by atoms with Crippen LogP contribution >= 0.6 is 11.3 Å². The number of nitrogen functional groups attached to an aromatic ring is 1. The molecule has 13 nitrogen and oxygen atoms in total. The monoisotopic (exact) mass is 564 g/mol. The van der Waals surface area contributed by atoms with Crippen LogP contribution in [0.1, 0.15) is 11.1 Å². The van der Waals surface area contributed by atoms with Crippen LogP contribution in [0, 0.1) is 0 Å². The molecule has 1 aromatic heterocycles. The van der Waals surface area contributed by atoms with Gasteiger partial charge in [-0.15, -0.1) is 0 Å². The summed E-state index contributed by atoms with van der Waals surface area (Å²) >= 11 is 1.38. The molecular weight excluding hydrogens is 536 g/mol. The molecule has 5 amide bonds. The van der Waals surface area contributed by atoms with E-state index in [0.717, 1.165) is 21.3 Å². The van der Waals surface area contributed by atoms with Crippen molar-refractivity contribution in [1.29, 1.82) is 0 Å². The number of nitrogens with one attached hydrogen (secondary N) is 2. The molecule has 0 radical (unpaired) electrons. The van der Waals surface area contributed by atoms with Gasteiger partial charge < -0.3 is 30.9 Å². The van der Waals surface area contributed by atoms with E-state index >= 15 is 0 Å². The Labute approximate surface area is 233 Å². The van der Waals surface area contributed by atoms with Gasteiger partial charge in [0.25, 0.3) is 5.91 Å². The van der Waals surface area contributed by atoms with Gasteiger partial charge in [0.05, 0.1) is 29.0 Å². The first-order chi connectivity index (χ1) is 19.2. The lowest BCUT2D eigenvalue weighted by molar-refractivity contribution is -0.157. The molecule has 3 aliphatic heterocycles. The standard InChI is InChI=1S/C26H28N8O5S/c1-28-26(38)31(2)33-12-22(36)34-17(9-14-6-7-18-16(8-14)29-20(35)13-39-18)24(37)32(11-21(33)34)10-15-4-3-5-19-23(15)30-25(27)40-19/h3-8,17,21H,9-13H2,1-2H3,(H2,27,30)(H,28,38)(H,29,35)/t17-,21+/m0/s1. The number of carbonyl (C=O) groups is 4. The minimum absolute atomic E-state index is 0.0432. The third-order valence-electron chi connectivity index (χ3n) is 7.45. The van der Waals surface area contributed by atoms with Crippen LogP contribution in [0.4, 0.5) is 15.6 Å². The number of para-hydroxylation sites is 1. The highest BCUT2D eigenvalue weighted by atomic mass is 32.1. The molecular formula is C26H28N8O5S. The highest BCUT2D eigenvalue weighted by molar-refractivity contribution is 7.22. The first-order valence-electron chi connectivity index (χ1n) is 12.7. The highest BCUT2D eigenvalue weighted by Crippen LogP contribution is 2.34. The van der Waals surface area contributed by atoms with Crippen LogP contribution in [0.5, 0.6) is 5.75 Å².